The molecular formula is C46H28N2OS. The Hall–Kier alpha value is -6.36. The van der Waals surface area contributed by atoms with Crippen LogP contribution in [-0.2, 0) is 0 Å². The van der Waals surface area contributed by atoms with Crippen molar-refractivity contribution < 1.29 is 4.42 Å². The summed E-state index contributed by atoms with van der Waals surface area (Å²) >= 11 is 1.88. The first-order valence-corrected chi connectivity index (χ1v) is 17.8. The smallest absolute Gasteiger partial charge is 0.137 e. The second-order valence-electron chi connectivity index (χ2n) is 12.9. The molecule has 50 heavy (non-hydrogen) atoms. The minimum atomic E-state index is 0.872. The number of hydrogen-bond acceptors (Lipinski definition) is 3. The summed E-state index contributed by atoms with van der Waals surface area (Å²) < 4.78 is 11.5. The summed E-state index contributed by atoms with van der Waals surface area (Å²) in [6.45, 7) is 0. The van der Waals surface area contributed by atoms with Gasteiger partial charge in [0.15, 0.2) is 0 Å². The summed E-state index contributed by atoms with van der Waals surface area (Å²) in [6, 6.07) is 61.2. The number of fused-ring (bicyclic) bond motifs is 11. The van der Waals surface area contributed by atoms with E-state index in [1.54, 1.807) is 0 Å². The molecule has 0 atom stereocenters. The van der Waals surface area contributed by atoms with Gasteiger partial charge < -0.3 is 13.9 Å². The molecule has 0 radical (unpaired) electrons. The number of aromatic nitrogens is 1. The first-order chi connectivity index (χ1) is 24.8. The molecule has 0 bridgehead atoms. The molecule has 0 aliphatic rings. The highest BCUT2D eigenvalue weighted by Crippen LogP contribution is 2.48. The Balaban J connectivity index is 1.26. The van der Waals surface area contributed by atoms with Crippen LogP contribution in [0.2, 0.25) is 0 Å². The maximum atomic E-state index is 6.46. The number of thiophene rings is 1. The summed E-state index contributed by atoms with van der Waals surface area (Å²) in [5.41, 5.74) is 8.49. The highest BCUT2D eigenvalue weighted by molar-refractivity contribution is 7.26. The largest absolute Gasteiger partial charge is 0.456 e. The predicted molar refractivity (Wildman–Crippen MR) is 213 cm³/mol. The Morgan fingerprint density at radius 3 is 2.10 bits per heavy atom. The van der Waals surface area contributed by atoms with Gasteiger partial charge in [-0.2, -0.15) is 0 Å². The molecule has 0 unspecified atom stereocenters. The maximum Gasteiger partial charge on any atom is 0.137 e. The van der Waals surface area contributed by atoms with E-state index in [9.17, 15) is 0 Å². The highest BCUT2D eigenvalue weighted by Gasteiger charge is 2.24. The van der Waals surface area contributed by atoms with Crippen LogP contribution < -0.4 is 4.90 Å². The Kier molecular flexibility index (Phi) is 5.83. The molecule has 234 valence electrons. The molecule has 4 heteroatoms. The van der Waals surface area contributed by atoms with Crippen molar-refractivity contribution in [2.24, 2.45) is 0 Å². The first-order valence-electron chi connectivity index (χ1n) is 16.9. The van der Waals surface area contributed by atoms with Gasteiger partial charge in [0.05, 0.1) is 27.8 Å². The third-order valence-electron chi connectivity index (χ3n) is 10.2. The van der Waals surface area contributed by atoms with E-state index in [1.165, 1.54) is 47.2 Å². The van der Waals surface area contributed by atoms with Crippen molar-refractivity contribution in [1.29, 1.82) is 0 Å². The summed E-state index contributed by atoms with van der Waals surface area (Å²) in [4.78, 5) is 2.44. The first kappa shape index (κ1) is 27.6. The fourth-order valence-electron chi connectivity index (χ4n) is 8.01. The Labute approximate surface area is 291 Å². The lowest BCUT2D eigenvalue weighted by atomic mass is 10.0. The lowest BCUT2D eigenvalue weighted by molar-refractivity contribution is 0.669. The van der Waals surface area contributed by atoms with Crippen LogP contribution in [0.25, 0.3) is 80.4 Å². The second kappa shape index (κ2) is 10.6. The zero-order chi connectivity index (χ0) is 32.8. The van der Waals surface area contributed by atoms with E-state index in [0.717, 1.165) is 50.2 Å². The fraction of sp³-hybridized carbons (Fsp3) is 0. The molecule has 11 rings (SSSR count). The molecule has 0 spiro atoms. The van der Waals surface area contributed by atoms with Crippen molar-refractivity contribution in [3.63, 3.8) is 0 Å². The molecule has 3 heterocycles. The maximum absolute atomic E-state index is 6.46. The normalized spacial score (nSPS) is 12.0. The topological polar surface area (TPSA) is 21.3 Å². The molecule has 0 aliphatic carbocycles. The molecule has 0 fully saturated rings. The van der Waals surface area contributed by atoms with Crippen LogP contribution in [0.1, 0.15) is 0 Å². The van der Waals surface area contributed by atoms with Gasteiger partial charge in [0.1, 0.15) is 11.2 Å². The van der Waals surface area contributed by atoms with Gasteiger partial charge in [-0.15, -0.1) is 11.3 Å². The SMILES string of the molecule is c1ccc(-n2c3ccccc3c3cccc(N(c4ccc5c(ccc6c7ccccc7sc56)c4)c4cccc5oc6ccccc6c45)c32)cc1. The van der Waals surface area contributed by atoms with Crippen molar-refractivity contribution in [1.82, 2.24) is 4.57 Å². The molecule has 3 nitrogen and oxygen atoms in total. The van der Waals surface area contributed by atoms with Crippen LogP contribution in [0, 0.1) is 0 Å². The van der Waals surface area contributed by atoms with E-state index in [1.807, 2.05) is 17.4 Å². The van der Waals surface area contributed by atoms with Gasteiger partial charge in [0.25, 0.3) is 0 Å². The van der Waals surface area contributed by atoms with Crippen molar-refractivity contribution in [3.8, 4) is 5.69 Å². The van der Waals surface area contributed by atoms with Crippen LogP contribution in [0.3, 0.4) is 0 Å². The van der Waals surface area contributed by atoms with Gasteiger partial charge in [0, 0.05) is 47.7 Å². The Morgan fingerprint density at radius 1 is 0.480 bits per heavy atom. The Bertz CT molecular complexity index is 3110. The van der Waals surface area contributed by atoms with Crippen LogP contribution >= 0.6 is 11.3 Å². The molecule has 3 aromatic heterocycles. The standard InChI is InChI=1S/C46H28N2OS/c1-2-12-30(13-3-1)48-38-18-7-4-14-33(38)35-17-10-20-40(45(35)48)47(39-19-11-22-42-44(39)37-16-5-8-21-41(37)49-42)31-25-27-32-29(28-31)24-26-36-34-15-6-9-23-43(34)50-46(32)36/h1-28H. The van der Waals surface area contributed by atoms with Crippen LogP contribution in [0.4, 0.5) is 17.1 Å². The summed E-state index contributed by atoms with van der Waals surface area (Å²) in [7, 11) is 0. The molecular weight excluding hydrogens is 629 g/mol. The number of nitrogens with zero attached hydrogens (tertiary/aromatic N) is 2. The zero-order valence-electron chi connectivity index (χ0n) is 26.9. The minimum Gasteiger partial charge on any atom is -0.456 e. The van der Waals surface area contributed by atoms with E-state index in [0.29, 0.717) is 0 Å². The van der Waals surface area contributed by atoms with E-state index < -0.39 is 0 Å². The van der Waals surface area contributed by atoms with Crippen molar-refractivity contribution in [3.05, 3.63) is 170 Å². The Morgan fingerprint density at radius 2 is 1.18 bits per heavy atom. The summed E-state index contributed by atoms with van der Waals surface area (Å²) in [5, 5.41) is 9.76. The van der Waals surface area contributed by atoms with Crippen LogP contribution in [0.15, 0.2) is 174 Å². The molecule has 0 aliphatic heterocycles. The van der Waals surface area contributed by atoms with Crippen molar-refractivity contribution >= 4 is 103 Å². The van der Waals surface area contributed by atoms with Crippen molar-refractivity contribution in [2.75, 3.05) is 4.90 Å². The number of rotatable bonds is 4. The zero-order valence-corrected chi connectivity index (χ0v) is 27.7. The van der Waals surface area contributed by atoms with Crippen LogP contribution in [-0.4, -0.2) is 4.57 Å². The summed E-state index contributed by atoms with van der Waals surface area (Å²) in [6.07, 6.45) is 0. The number of para-hydroxylation sites is 4. The van der Waals surface area contributed by atoms with Crippen LogP contribution in [0.5, 0.6) is 0 Å². The minimum absolute atomic E-state index is 0.872. The van der Waals surface area contributed by atoms with E-state index in [4.69, 9.17) is 4.42 Å². The molecule has 8 aromatic carbocycles. The molecule has 0 N–H and O–H groups in total. The average Bonchev–Trinajstić information content (AvgIpc) is 3.86. The average molecular weight is 657 g/mol. The van der Waals surface area contributed by atoms with Gasteiger partial charge in [-0.25, -0.2) is 0 Å². The fourth-order valence-corrected chi connectivity index (χ4v) is 9.25. The highest BCUT2D eigenvalue weighted by atomic mass is 32.1. The van der Waals surface area contributed by atoms with Gasteiger partial charge in [-0.3, -0.25) is 0 Å². The van der Waals surface area contributed by atoms with Gasteiger partial charge >= 0.3 is 0 Å². The van der Waals surface area contributed by atoms with E-state index >= 15 is 0 Å². The van der Waals surface area contributed by atoms with Gasteiger partial charge in [0.2, 0.25) is 0 Å². The number of anilines is 3. The molecule has 11 aromatic rings. The van der Waals surface area contributed by atoms with E-state index in [2.05, 4.69) is 173 Å². The quantitative estimate of drug-likeness (QED) is 0.188. The number of furan rings is 1. The number of benzene rings is 8. The number of hydrogen-bond donors (Lipinski definition) is 0. The molecule has 0 saturated heterocycles. The molecule has 0 saturated carbocycles. The lowest BCUT2D eigenvalue weighted by Gasteiger charge is -2.28. The molecule has 0 amide bonds. The van der Waals surface area contributed by atoms with Crippen molar-refractivity contribution in [2.45, 2.75) is 0 Å². The third kappa shape index (κ3) is 3.91. The van der Waals surface area contributed by atoms with Gasteiger partial charge in [-0.05, 0) is 71.4 Å². The lowest BCUT2D eigenvalue weighted by Crippen LogP contribution is -2.12. The van der Waals surface area contributed by atoms with E-state index in [-0.39, 0.29) is 0 Å². The summed E-state index contributed by atoms with van der Waals surface area (Å²) in [5.74, 6) is 0. The second-order valence-corrected chi connectivity index (χ2v) is 13.9. The monoisotopic (exact) mass is 656 g/mol. The van der Waals surface area contributed by atoms with Gasteiger partial charge in [-0.1, -0.05) is 109 Å². The third-order valence-corrected chi connectivity index (χ3v) is 11.4. The predicted octanol–water partition coefficient (Wildman–Crippen LogP) is 13.7.